The zero-order valence-electron chi connectivity index (χ0n) is 12.0. The lowest BCUT2D eigenvalue weighted by atomic mass is 9.87. The summed E-state index contributed by atoms with van der Waals surface area (Å²) in [5, 5.41) is 0. The SMILES string of the molecule is Cc1cc(C)c(C(=O)CCC(C)(C)C)c(C)c1. The number of carbonyl (C=O) groups is 1. The van der Waals surface area contributed by atoms with Gasteiger partial charge >= 0.3 is 0 Å². The van der Waals surface area contributed by atoms with Gasteiger partial charge in [0.2, 0.25) is 0 Å². The number of ketones is 1. The van der Waals surface area contributed by atoms with Crippen molar-refractivity contribution in [3.8, 4) is 0 Å². The number of carbonyl (C=O) groups excluding carboxylic acids is 1. The zero-order chi connectivity index (χ0) is 13.2. The molecule has 0 saturated carbocycles. The van der Waals surface area contributed by atoms with Crippen molar-refractivity contribution in [1.29, 1.82) is 0 Å². The molecule has 94 valence electrons. The van der Waals surface area contributed by atoms with Crippen LogP contribution >= 0.6 is 0 Å². The molecule has 17 heavy (non-hydrogen) atoms. The molecule has 1 nitrogen and oxygen atoms in total. The van der Waals surface area contributed by atoms with E-state index in [0.29, 0.717) is 6.42 Å². The average molecular weight is 232 g/mol. The highest BCUT2D eigenvalue weighted by atomic mass is 16.1. The van der Waals surface area contributed by atoms with Crippen LogP contribution in [0.25, 0.3) is 0 Å². The second-order valence-electron chi connectivity index (χ2n) is 6.26. The van der Waals surface area contributed by atoms with E-state index in [4.69, 9.17) is 0 Å². The molecule has 0 N–H and O–H groups in total. The first-order valence-electron chi connectivity index (χ1n) is 6.32. The molecule has 1 rings (SSSR count). The van der Waals surface area contributed by atoms with Gasteiger partial charge in [0.05, 0.1) is 0 Å². The Balaban J connectivity index is 2.90. The number of rotatable bonds is 3. The highest BCUT2D eigenvalue weighted by molar-refractivity contribution is 5.98. The summed E-state index contributed by atoms with van der Waals surface area (Å²) in [5.41, 5.74) is 4.61. The molecule has 0 saturated heterocycles. The van der Waals surface area contributed by atoms with Crippen LogP contribution in [0.3, 0.4) is 0 Å². The second kappa shape index (κ2) is 5.03. The largest absolute Gasteiger partial charge is 0.294 e. The van der Waals surface area contributed by atoms with Gasteiger partial charge in [0.1, 0.15) is 0 Å². The van der Waals surface area contributed by atoms with Gasteiger partial charge in [-0.15, -0.1) is 0 Å². The summed E-state index contributed by atoms with van der Waals surface area (Å²) < 4.78 is 0. The van der Waals surface area contributed by atoms with Gasteiger partial charge in [0.25, 0.3) is 0 Å². The van der Waals surface area contributed by atoms with Crippen LogP contribution < -0.4 is 0 Å². The van der Waals surface area contributed by atoms with Crippen LogP contribution in [0, 0.1) is 26.2 Å². The molecule has 0 amide bonds. The van der Waals surface area contributed by atoms with E-state index in [1.807, 2.05) is 13.8 Å². The predicted molar refractivity (Wildman–Crippen MR) is 73.7 cm³/mol. The van der Waals surface area contributed by atoms with Crippen LogP contribution in [-0.2, 0) is 0 Å². The summed E-state index contributed by atoms with van der Waals surface area (Å²) in [6, 6.07) is 4.19. The van der Waals surface area contributed by atoms with Gasteiger partial charge in [0, 0.05) is 12.0 Å². The lowest BCUT2D eigenvalue weighted by Gasteiger charge is -2.18. The van der Waals surface area contributed by atoms with E-state index in [-0.39, 0.29) is 11.2 Å². The number of Topliss-reactive ketones (excluding diaryl/α,β-unsaturated/α-hetero) is 1. The van der Waals surface area contributed by atoms with Gasteiger partial charge < -0.3 is 0 Å². The molecule has 1 aromatic rings. The molecule has 0 bridgehead atoms. The number of aryl methyl sites for hydroxylation is 3. The third kappa shape index (κ3) is 3.99. The predicted octanol–water partition coefficient (Wildman–Crippen LogP) is 4.62. The fourth-order valence-electron chi connectivity index (χ4n) is 2.23. The molecule has 0 unspecified atom stereocenters. The summed E-state index contributed by atoms with van der Waals surface area (Å²) in [5.74, 6) is 0.287. The zero-order valence-corrected chi connectivity index (χ0v) is 12.0. The molecule has 0 radical (unpaired) electrons. The van der Waals surface area contributed by atoms with Crippen LogP contribution in [0.5, 0.6) is 0 Å². The Kier molecular flexibility index (Phi) is 4.13. The van der Waals surface area contributed by atoms with Crippen LogP contribution in [0.1, 0.15) is 60.7 Å². The van der Waals surface area contributed by atoms with Crippen LogP contribution in [0.4, 0.5) is 0 Å². The number of benzene rings is 1. The van der Waals surface area contributed by atoms with Gasteiger partial charge in [-0.05, 0) is 43.7 Å². The molecule has 0 fully saturated rings. The van der Waals surface area contributed by atoms with Crippen molar-refractivity contribution in [2.75, 3.05) is 0 Å². The highest BCUT2D eigenvalue weighted by Gasteiger charge is 2.17. The minimum atomic E-state index is 0.224. The first kappa shape index (κ1) is 14.0. The molecular weight excluding hydrogens is 208 g/mol. The Morgan fingerprint density at radius 1 is 1.06 bits per heavy atom. The Hall–Kier alpha value is -1.11. The van der Waals surface area contributed by atoms with Crippen molar-refractivity contribution in [3.05, 3.63) is 34.4 Å². The molecule has 0 aliphatic heterocycles. The second-order valence-corrected chi connectivity index (χ2v) is 6.26. The van der Waals surface area contributed by atoms with Crippen molar-refractivity contribution in [2.45, 2.75) is 54.4 Å². The molecule has 0 aromatic heterocycles. The van der Waals surface area contributed by atoms with E-state index < -0.39 is 0 Å². The third-order valence-corrected chi connectivity index (χ3v) is 3.06. The van der Waals surface area contributed by atoms with E-state index >= 15 is 0 Å². The molecule has 0 aliphatic rings. The maximum absolute atomic E-state index is 12.2. The topological polar surface area (TPSA) is 17.1 Å². The van der Waals surface area contributed by atoms with Crippen LogP contribution in [0.2, 0.25) is 0 Å². The molecular formula is C16H24O. The monoisotopic (exact) mass is 232 g/mol. The quantitative estimate of drug-likeness (QED) is 0.695. The minimum Gasteiger partial charge on any atom is -0.294 e. The fourth-order valence-corrected chi connectivity index (χ4v) is 2.23. The highest BCUT2D eigenvalue weighted by Crippen LogP contribution is 2.24. The molecule has 0 atom stereocenters. The standard InChI is InChI=1S/C16H24O/c1-11-9-12(2)15(13(3)10-11)14(17)7-8-16(4,5)6/h9-10H,7-8H2,1-6H3. The van der Waals surface area contributed by atoms with Crippen molar-refractivity contribution in [2.24, 2.45) is 5.41 Å². The first-order valence-corrected chi connectivity index (χ1v) is 6.32. The van der Waals surface area contributed by atoms with Gasteiger partial charge in [-0.2, -0.15) is 0 Å². The van der Waals surface area contributed by atoms with Gasteiger partial charge in [-0.25, -0.2) is 0 Å². The molecule has 1 aromatic carbocycles. The summed E-state index contributed by atoms with van der Waals surface area (Å²) in [4.78, 5) is 12.2. The van der Waals surface area contributed by atoms with E-state index in [9.17, 15) is 4.79 Å². The van der Waals surface area contributed by atoms with Crippen LogP contribution in [-0.4, -0.2) is 5.78 Å². The van der Waals surface area contributed by atoms with E-state index in [2.05, 4.69) is 39.8 Å². The first-order chi connectivity index (χ1) is 7.70. The smallest absolute Gasteiger partial charge is 0.163 e. The van der Waals surface area contributed by atoms with E-state index in [0.717, 1.165) is 23.1 Å². The molecule has 0 spiro atoms. The van der Waals surface area contributed by atoms with Crippen molar-refractivity contribution >= 4 is 5.78 Å². The Labute approximate surface area is 105 Å². The summed E-state index contributed by atoms with van der Waals surface area (Å²) in [7, 11) is 0. The molecule has 0 aliphatic carbocycles. The maximum atomic E-state index is 12.2. The number of hydrogen-bond acceptors (Lipinski definition) is 1. The summed E-state index contributed by atoms with van der Waals surface area (Å²) in [6.07, 6.45) is 1.59. The normalized spacial score (nSPS) is 11.6. The van der Waals surface area contributed by atoms with Gasteiger partial charge in [-0.3, -0.25) is 4.79 Å². The van der Waals surface area contributed by atoms with Gasteiger partial charge in [-0.1, -0.05) is 38.5 Å². The van der Waals surface area contributed by atoms with E-state index in [1.54, 1.807) is 0 Å². The van der Waals surface area contributed by atoms with Crippen molar-refractivity contribution in [1.82, 2.24) is 0 Å². The summed E-state index contributed by atoms with van der Waals surface area (Å²) >= 11 is 0. The molecule has 0 heterocycles. The number of hydrogen-bond donors (Lipinski definition) is 0. The average Bonchev–Trinajstić information content (AvgIpc) is 2.11. The molecule has 1 heteroatoms. The Morgan fingerprint density at radius 2 is 1.53 bits per heavy atom. The van der Waals surface area contributed by atoms with Crippen molar-refractivity contribution in [3.63, 3.8) is 0 Å². The van der Waals surface area contributed by atoms with Crippen LogP contribution in [0.15, 0.2) is 12.1 Å². The Bertz CT molecular complexity index is 399. The maximum Gasteiger partial charge on any atom is 0.163 e. The van der Waals surface area contributed by atoms with Crippen molar-refractivity contribution < 1.29 is 4.79 Å². The lowest BCUT2D eigenvalue weighted by Crippen LogP contribution is -2.11. The van der Waals surface area contributed by atoms with E-state index in [1.165, 1.54) is 5.56 Å². The minimum absolute atomic E-state index is 0.224. The third-order valence-electron chi connectivity index (χ3n) is 3.06. The Morgan fingerprint density at radius 3 is 1.94 bits per heavy atom. The van der Waals surface area contributed by atoms with Gasteiger partial charge in [0.15, 0.2) is 5.78 Å². The summed E-state index contributed by atoms with van der Waals surface area (Å²) in [6.45, 7) is 12.7. The fraction of sp³-hybridized carbons (Fsp3) is 0.562. The lowest BCUT2D eigenvalue weighted by molar-refractivity contribution is 0.0965.